The Labute approximate surface area is 173 Å². The molecule has 2 aromatic carbocycles. The van der Waals surface area contributed by atoms with E-state index in [4.69, 9.17) is 11.6 Å². The van der Waals surface area contributed by atoms with Gasteiger partial charge in [-0.25, -0.2) is 8.42 Å². The molecule has 1 aliphatic heterocycles. The number of nitrogens with zero attached hydrogens (tertiary/aromatic N) is 2. The van der Waals surface area contributed by atoms with Crippen LogP contribution in [0.2, 0.25) is 5.02 Å². The summed E-state index contributed by atoms with van der Waals surface area (Å²) in [7, 11) is -2.22. The van der Waals surface area contributed by atoms with Crippen LogP contribution in [0.4, 0.5) is 5.69 Å². The standard InChI is InChI=1S/C19H19ClN4O4S/c1-12(21-18-13-7-3-6-10-16(13)29(27,28)23-18)19(26)24(2)11-17(25)22-15-9-5-4-8-14(15)20/h3-10,12H,11H2,1-2H3,(H,21,23)(H,22,25)/t12-/m0/s1. The molecule has 152 valence electrons. The summed E-state index contributed by atoms with van der Waals surface area (Å²) in [5, 5.41) is 3.03. The number of amides is 2. The molecule has 0 fully saturated rings. The second-order valence-electron chi connectivity index (χ2n) is 6.48. The average Bonchev–Trinajstić information content (AvgIpc) is 2.93. The quantitative estimate of drug-likeness (QED) is 0.748. The van der Waals surface area contributed by atoms with Crippen molar-refractivity contribution in [2.75, 3.05) is 18.9 Å². The lowest BCUT2D eigenvalue weighted by atomic mass is 10.2. The predicted octanol–water partition coefficient (Wildman–Crippen LogP) is 1.86. The first kappa shape index (κ1) is 20.8. The van der Waals surface area contributed by atoms with Crippen LogP contribution in [-0.2, 0) is 19.6 Å². The smallest absolute Gasteiger partial charge is 0.263 e. The van der Waals surface area contributed by atoms with Gasteiger partial charge in [0.1, 0.15) is 11.9 Å². The van der Waals surface area contributed by atoms with E-state index in [-0.39, 0.29) is 17.3 Å². The molecule has 8 nitrogen and oxygen atoms in total. The van der Waals surface area contributed by atoms with Crippen molar-refractivity contribution in [2.45, 2.75) is 17.9 Å². The lowest BCUT2D eigenvalue weighted by molar-refractivity contribution is -0.134. The Morgan fingerprint density at radius 2 is 1.83 bits per heavy atom. The first-order valence-electron chi connectivity index (χ1n) is 8.68. The van der Waals surface area contributed by atoms with E-state index in [0.717, 1.165) is 0 Å². The number of sulfonamides is 1. The molecule has 1 aliphatic rings. The highest BCUT2D eigenvalue weighted by Gasteiger charge is 2.31. The summed E-state index contributed by atoms with van der Waals surface area (Å²) in [5.74, 6) is -0.744. The van der Waals surface area contributed by atoms with Crippen molar-refractivity contribution in [1.29, 1.82) is 0 Å². The van der Waals surface area contributed by atoms with Crippen molar-refractivity contribution in [3.8, 4) is 0 Å². The first-order valence-corrected chi connectivity index (χ1v) is 10.5. The number of anilines is 1. The molecule has 3 rings (SSSR count). The maximum absolute atomic E-state index is 12.6. The Kier molecular flexibility index (Phi) is 5.90. The number of para-hydroxylation sites is 1. The van der Waals surface area contributed by atoms with Crippen molar-refractivity contribution in [3.05, 3.63) is 59.1 Å². The third-order valence-electron chi connectivity index (χ3n) is 4.25. The minimum absolute atomic E-state index is 0.107. The summed E-state index contributed by atoms with van der Waals surface area (Å²) in [6, 6.07) is 12.3. The fraction of sp³-hybridized carbons (Fsp3) is 0.211. The van der Waals surface area contributed by atoms with E-state index in [2.05, 4.69) is 15.0 Å². The first-order chi connectivity index (χ1) is 13.7. The maximum atomic E-state index is 12.6. The summed E-state index contributed by atoms with van der Waals surface area (Å²) in [5.41, 5.74) is 0.858. The highest BCUT2D eigenvalue weighted by atomic mass is 35.5. The molecule has 0 bridgehead atoms. The Bertz CT molecular complexity index is 1100. The number of fused-ring (bicyclic) bond motifs is 1. The van der Waals surface area contributed by atoms with Gasteiger partial charge in [0, 0.05) is 12.6 Å². The SMILES string of the molecule is C[C@H](N=C1NS(=O)(=O)c2ccccc21)C(=O)N(C)CC(=O)Nc1ccccc1Cl. The fourth-order valence-corrected chi connectivity index (χ4v) is 4.27. The lowest BCUT2D eigenvalue weighted by Gasteiger charge is -2.19. The summed E-state index contributed by atoms with van der Waals surface area (Å²) < 4.78 is 26.6. The molecule has 29 heavy (non-hydrogen) atoms. The molecule has 0 aliphatic carbocycles. The van der Waals surface area contributed by atoms with Crippen LogP contribution in [0.15, 0.2) is 58.4 Å². The van der Waals surface area contributed by atoms with Gasteiger partial charge in [0.25, 0.3) is 10.0 Å². The third kappa shape index (κ3) is 4.57. The largest absolute Gasteiger partial charge is 0.335 e. The van der Waals surface area contributed by atoms with Crippen molar-refractivity contribution in [2.24, 2.45) is 4.99 Å². The number of nitrogens with one attached hydrogen (secondary N) is 2. The van der Waals surface area contributed by atoms with Crippen LogP contribution in [0.5, 0.6) is 0 Å². The molecule has 0 spiro atoms. The molecule has 1 heterocycles. The van der Waals surface area contributed by atoms with Gasteiger partial charge >= 0.3 is 0 Å². The molecule has 2 amide bonds. The number of rotatable bonds is 5. The van der Waals surface area contributed by atoms with Crippen molar-refractivity contribution in [3.63, 3.8) is 0 Å². The van der Waals surface area contributed by atoms with Crippen LogP contribution in [-0.4, -0.2) is 50.6 Å². The summed E-state index contributed by atoms with van der Waals surface area (Å²) >= 11 is 6.01. The molecule has 1 atom stereocenters. The van der Waals surface area contributed by atoms with E-state index in [1.165, 1.54) is 24.9 Å². The molecule has 0 saturated heterocycles. The van der Waals surface area contributed by atoms with Crippen molar-refractivity contribution < 1.29 is 18.0 Å². The van der Waals surface area contributed by atoms with Crippen molar-refractivity contribution >= 4 is 45.0 Å². The Morgan fingerprint density at radius 3 is 2.55 bits per heavy atom. The monoisotopic (exact) mass is 434 g/mol. The van der Waals surface area contributed by atoms with Crippen molar-refractivity contribution in [1.82, 2.24) is 9.62 Å². The zero-order chi connectivity index (χ0) is 21.2. The number of halogens is 1. The Balaban J connectivity index is 1.68. The van der Waals surface area contributed by atoms with Gasteiger partial charge in [-0.15, -0.1) is 0 Å². The minimum atomic E-state index is -3.69. The van der Waals surface area contributed by atoms with Crippen LogP contribution >= 0.6 is 11.6 Å². The highest BCUT2D eigenvalue weighted by molar-refractivity contribution is 7.90. The van der Waals surface area contributed by atoms with Gasteiger partial charge < -0.3 is 10.2 Å². The number of aliphatic imine (C=N–C) groups is 1. The zero-order valence-corrected chi connectivity index (χ0v) is 17.3. The number of hydrogen-bond donors (Lipinski definition) is 2. The Hall–Kier alpha value is -2.91. The molecule has 0 unspecified atom stereocenters. The van der Waals surface area contributed by atoms with Crippen LogP contribution in [0.3, 0.4) is 0 Å². The van der Waals surface area contributed by atoms with E-state index >= 15 is 0 Å². The third-order valence-corrected chi connectivity index (χ3v) is 5.97. The zero-order valence-electron chi connectivity index (χ0n) is 15.7. The van der Waals surface area contributed by atoms with Gasteiger partial charge in [0.2, 0.25) is 11.8 Å². The molecule has 0 radical (unpaired) electrons. The Morgan fingerprint density at radius 1 is 1.17 bits per heavy atom. The van der Waals surface area contributed by atoms with Gasteiger partial charge in [-0.3, -0.25) is 19.3 Å². The summed E-state index contributed by atoms with van der Waals surface area (Å²) in [6.07, 6.45) is 0. The summed E-state index contributed by atoms with van der Waals surface area (Å²) in [6.45, 7) is 1.33. The molecular weight excluding hydrogens is 416 g/mol. The highest BCUT2D eigenvalue weighted by Crippen LogP contribution is 2.23. The molecule has 10 heteroatoms. The molecule has 2 aromatic rings. The van der Waals surface area contributed by atoms with E-state index in [1.807, 2.05) is 0 Å². The van der Waals surface area contributed by atoms with Gasteiger partial charge in [0.05, 0.1) is 22.2 Å². The van der Waals surface area contributed by atoms with Crippen LogP contribution in [0, 0.1) is 0 Å². The van der Waals surface area contributed by atoms with Crippen LogP contribution in [0.25, 0.3) is 0 Å². The van der Waals surface area contributed by atoms with Crippen LogP contribution < -0.4 is 10.0 Å². The second kappa shape index (κ2) is 8.22. The topological polar surface area (TPSA) is 108 Å². The van der Waals surface area contributed by atoms with Gasteiger partial charge in [0.15, 0.2) is 0 Å². The van der Waals surface area contributed by atoms with Gasteiger partial charge in [-0.05, 0) is 31.2 Å². The lowest BCUT2D eigenvalue weighted by Crippen LogP contribution is -2.40. The molecule has 0 saturated carbocycles. The minimum Gasteiger partial charge on any atom is -0.335 e. The fourth-order valence-electron chi connectivity index (χ4n) is 2.84. The number of amidine groups is 1. The van der Waals surface area contributed by atoms with E-state index < -0.39 is 27.9 Å². The maximum Gasteiger partial charge on any atom is 0.263 e. The summed E-state index contributed by atoms with van der Waals surface area (Å²) in [4.78, 5) is 30.4. The van der Waals surface area contributed by atoms with Crippen LogP contribution in [0.1, 0.15) is 12.5 Å². The average molecular weight is 435 g/mol. The molecule has 0 aromatic heterocycles. The predicted molar refractivity (Wildman–Crippen MR) is 110 cm³/mol. The van der Waals surface area contributed by atoms with Gasteiger partial charge in [-0.1, -0.05) is 35.9 Å². The number of carbonyl (C=O) groups is 2. The molecular formula is C19H19ClN4O4S. The number of carbonyl (C=O) groups excluding carboxylic acids is 2. The van der Waals surface area contributed by atoms with E-state index in [1.54, 1.807) is 42.5 Å². The van der Waals surface area contributed by atoms with E-state index in [0.29, 0.717) is 16.3 Å². The van der Waals surface area contributed by atoms with E-state index in [9.17, 15) is 18.0 Å². The number of likely N-dealkylation sites (N-methyl/N-ethyl adjacent to an activating group) is 1. The normalized spacial score (nSPS) is 16.6. The number of hydrogen-bond acceptors (Lipinski definition) is 5. The number of benzene rings is 2. The van der Waals surface area contributed by atoms with Gasteiger partial charge in [-0.2, -0.15) is 0 Å². The molecule has 2 N–H and O–H groups in total. The second-order valence-corrected chi connectivity index (χ2v) is 8.54.